The minimum absolute atomic E-state index is 0.252. The van der Waals surface area contributed by atoms with E-state index in [9.17, 15) is 8.42 Å². The summed E-state index contributed by atoms with van der Waals surface area (Å²) in [6.45, 7) is 4.13. The van der Waals surface area contributed by atoms with Crippen molar-refractivity contribution < 1.29 is 12.9 Å². The number of hydrogen-bond donors (Lipinski definition) is 0. The van der Waals surface area contributed by atoms with Gasteiger partial charge in [-0.1, -0.05) is 41.0 Å². The van der Waals surface area contributed by atoms with E-state index in [1.165, 1.54) is 4.31 Å². The third-order valence-corrected chi connectivity index (χ3v) is 7.34. The van der Waals surface area contributed by atoms with Crippen LogP contribution in [0, 0.1) is 13.8 Å². The van der Waals surface area contributed by atoms with Crippen LogP contribution in [0.25, 0.3) is 11.4 Å². The van der Waals surface area contributed by atoms with Gasteiger partial charge < -0.3 is 4.52 Å². The first-order chi connectivity index (χ1) is 13.4. The van der Waals surface area contributed by atoms with E-state index in [0.29, 0.717) is 35.3 Å². The second-order valence-electron chi connectivity index (χ2n) is 6.95. The van der Waals surface area contributed by atoms with Crippen molar-refractivity contribution in [2.24, 2.45) is 0 Å². The normalized spacial score (nSPS) is 17.9. The molecule has 28 heavy (non-hydrogen) atoms. The van der Waals surface area contributed by atoms with E-state index in [2.05, 4.69) is 10.1 Å². The second-order valence-corrected chi connectivity index (χ2v) is 9.25. The van der Waals surface area contributed by atoms with Crippen molar-refractivity contribution in [2.45, 2.75) is 37.6 Å². The van der Waals surface area contributed by atoms with Gasteiger partial charge in [0.15, 0.2) is 0 Å². The van der Waals surface area contributed by atoms with E-state index < -0.39 is 16.1 Å². The molecule has 0 unspecified atom stereocenters. The zero-order valence-corrected chi connectivity index (χ0v) is 17.2. The quantitative estimate of drug-likeness (QED) is 0.623. The van der Waals surface area contributed by atoms with Crippen LogP contribution in [0.4, 0.5) is 0 Å². The SMILES string of the molecule is Cc1ccccc1-c1noc([C@H]2CCCN2S(=O)(=O)c2ccc(Cl)cc2C)n1. The first kappa shape index (κ1) is 19.1. The van der Waals surface area contributed by atoms with Crippen LogP contribution >= 0.6 is 11.6 Å². The van der Waals surface area contributed by atoms with Crippen LogP contribution in [0.5, 0.6) is 0 Å². The molecule has 1 atom stereocenters. The van der Waals surface area contributed by atoms with Gasteiger partial charge in [0, 0.05) is 17.1 Å². The van der Waals surface area contributed by atoms with Crippen LogP contribution in [0.3, 0.4) is 0 Å². The monoisotopic (exact) mass is 417 g/mol. The Balaban J connectivity index is 1.69. The van der Waals surface area contributed by atoms with E-state index in [0.717, 1.165) is 17.5 Å². The molecular weight excluding hydrogens is 398 g/mol. The van der Waals surface area contributed by atoms with Gasteiger partial charge in [-0.3, -0.25) is 0 Å². The fourth-order valence-electron chi connectivity index (χ4n) is 3.61. The van der Waals surface area contributed by atoms with Crippen molar-refractivity contribution in [1.29, 1.82) is 0 Å². The smallest absolute Gasteiger partial charge is 0.245 e. The van der Waals surface area contributed by atoms with Gasteiger partial charge in [-0.2, -0.15) is 9.29 Å². The van der Waals surface area contributed by atoms with Gasteiger partial charge in [0.2, 0.25) is 21.7 Å². The van der Waals surface area contributed by atoms with Crippen LogP contribution in [0.2, 0.25) is 5.02 Å². The van der Waals surface area contributed by atoms with E-state index >= 15 is 0 Å². The highest BCUT2D eigenvalue weighted by Crippen LogP contribution is 2.37. The van der Waals surface area contributed by atoms with Crippen molar-refractivity contribution in [3.8, 4) is 11.4 Å². The first-order valence-corrected chi connectivity index (χ1v) is 10.9. The van der Waals surface area contributed by atoms with Gasteiger partial charge in [0.25, 0.3) is 0 Å². The maximum absolute atomic E-state index is 13.3. The zero-order valence-electron chi connectivity index (χ0n) is 15.6. The van der Waals surface area contributed by atoms with Crippen LogP contribution in [0.15, 0.2) is 51.9 Å². The molecule has 0 radical (unpaired) electrons. The highest BCUT2D eigenvalue weighted by molar-refractivity contribution is 7.89. The number of rotatable bonds is 4. The van der Waals surface area contributed by atoms with E-state index in [-0.39, 0.29) is 4.90 Å². The summed E-state index contributed by atoms with van der Waals surface area (Å²) in [5.74, 6) is 0.797. The summed E-state index contributed by atoms with van der Waals surface area (Å²) < 4.78 is 33.5. The Morgan fingerprint density at radius 3 is 2.68 bits per heavy atom. The molecule has 1 aliphatic heterocycles. The molecule has 0 bridgehead atoms. The zero-order chi connectivity index (χ0) is 19.9. The van der Waals surface area contributed by atoms with Crippen molar-refractivity contribution in [3.63, 3.8) is 0 Å². The van der Waals surface area contributed by atoms with Gasteiger partial charge in [-0.05, 0) is 56.0 Å². The molecule has 2 aromatic carbocycles. The molecule has 1 aliphatic rings. The predicted molar refractivity (Wildman–Crippen MR) is 107 cm³/mol. The molecule has 146 valence electrons. The van der Waals surface area contributed by atoms with Gasteiger partial charge in [0.05, 0.1) is 4.90 Å². The minimum Gasteiger partial charge on any atom is -0.337 e. The van der Waals surface area contributed by atoms with E-state index in [4.69, 9.17) is 16.1 Å². The molecule has 6 nitrogen and oxygen atoms in total. The van der Waals surface area contributed by atoms with Crippen molar-refractivity contribution in [2.75, 3.05) is 6.54 Å². The number of benzene rings is 2. The van der Waals surface area contributed by atoms with Crippen LogP contribution in [0.1, 0.15) is 35.9 Å². The lowest BCUT2D eigenvalue weighted by Crippen LogP contribution is -2.31. The lowest BCUT2D eigenvalue weighted by Gasteiger charge is -2.22. The largest absolute Gasteiger partial charge is 0.337 e. The Labute approximate surface area is 169 Å². The number of halogens is 1. The van der Waals surface area contributed by atoms with Gasteiger partial charge >= 0.3 is 0 Å². The average Bonchev–Trinajstić information content (AvgIpc) is 3.31. The average molecular weight is 418 g/mol. The third-order valence-electron chi connectivity index (χ3n) is 5.04. The molecule has 0 amide bonds. The Bertz CT molecular complexity index is 1130. The van der Waals surface area contributed by atoms with Gasteiger partial charge in [0.1, 0.15) is 6.04 Å². The number of hydrogen-bond acceptors (Lipinski definition) is 5. The van der Waals surface area contributed by atoms with Gasteiger partial charge in [-0.15, -0.1) is 0 Å². The molecule has 1 aromatic heterocycles. The highest BCUT2D eigenvalue weighted by atomic mass is 35.5. The number of aryl methyl sites for hydroxylation is 2. The van der Waals surface area contributed by atoms with Crippen molar-refractivity contribution in [3.05, 3.63) is 64.5 Å². The lowest BCUT2D eigenvalue weighted by atomic mass is 10.1. The van der Waals surface area contributed by atoms with Gasteiger partial charge in [-0.25, -0.2) is 8.42 Å². The Morgan fingerprint density at radius 1 is 1.14 bits per heavy atom. The summed E-state index contributed by atoms with van der Waals surface area (Å²) in [5, 5.41) is 4.59. The third kappa shape index (κ3) is 3.34. The minimum atomic E-state index is -3.70. The molecule has 0 spiro atoms. The van der Waals surface area contributed by atoms with Crippen molar-refractivity contribution >= 4 is 21.6 Å². The molecule has 0 N–H and O–H groups in total. The molecule has 2 heterocycles. The predicted octanol–water partition coefficient (Wildman–Crippen LogP) is 4.53. The second kappa shape index (κ2) is 7.31. The molecule has 3 aromatic rings. The number of sulfonamides is 1. The topological polar surface area (TPSA) is 76.3 Å². The first-order valence-electron chi connectivity index (χ1n) is 9.05. The summed E-state index contributed by atoms with van der Waals surface area (Å²) in [7, 11) is -3.70. The summed E-state index contributed by atoms with van der Waals surface area (Å²) >= 11 is 5.98. The fourth-order valence-corrected chi connectivity index (χ4v) is 5.69. The van der Waals surface area contributed by atoms with Crippen molar-refractivity contribution in [1.82, 2.24) is 14.4 Å². The van der Waals surface area contributed by atoms with Crippen LogP contribution in [-0.2, 0) is 10.0 Å². The molecule has 0 saturated carbocycles. The molecular formula is C20H20ClN3O3S. The highest BCUT2D eigenvalue weighted by Gasteiger charge is 2.40. The van der Waals surface area contributed by atoms with E-state index in [1.54, 1.807) is 25.1 Å². The summed E-state index contributed by atoms with van der Waals surface area (Å²) in [6, 6.07) is 12.1. The van der Waals surface area contributed by atoms with Crippen LogP contribution < -0.4 is 0 Å². The summed E-state index contributed by atoms with van der Waals surface area (Å²) in [5.41, 5.74) is 2.52. The lowest BCUT2D eigenvalue weighted by molar-refractivity contribution is 0.290. The molecule has 1 fully saturated rings. The Morgan fingerprint density at radius 2 is 1.93 bits per heavy atom. The molecule has 8 heteroatoms. The Kier molecular flexibility index (Phi) is 4.99. The molecule has 1 saturated heterocycles. The number of nitrogens with zero attached hydrogens (tertiary/aromatic N) is 3. The fraction of sp³-hybridized carbons (Fsp3) is 0.300. The summed E-state index contributed by atoms with van der Waals surface area (Å²) in [4.78, 5) is 4.76. The van der Waals surface area contributed by atoms with E-state index in [1.807, 2.05) is 31.2 Å². The maximum Gasteiger partial charge on any atom is 0.245 e. The van der Waals surface area contributed by atoms with Crippen LogP contribution in [-0.4, -0.2) is 29.4 Å². The maximum atomic E-state index is 13.3. The molecule has 0 aliphatic carbocycles. The summed E-state index contributed by atoms with van der Waals surface area (Å²) in [6.07, 6.45) is 1.37. The molecule has 4 rings (SSSR count). The standard InChI is InChI=1S/C20H20ClN3O3S/c1-13-6-3-4-7-16(13)19-22-20(27-23-19)17-8-5-11-24(17)28(25,26)18-10-9-15(21)12-14(18)2/h3-4,6-7,9-10,12,17H,5,8,11H2,1-2H3/t17-/m1/s1. The number of aromatic nitrogens is 2. The Hall–Kier alpha value is -2.22.